The average molecular weight is 407 g/mol. The van der Waals surface area contributed by atoms with Crippen molar-refractivity contribution in [1.82, 2.24) is 15.5 Å². The molecule has 1 atom stereocenters. The maximum absolute atomic E-state index is 13.8. The summed E-state index contributed by atoms with van der Waals surface area (Å²) in [7, 11) is 1.44. The predicted octanol–water partition coefficient (Wildman–Crippen LogP) is 2.44. The van der Waals surface area contributed by atoms with Gasteiger partial charge in [-0.2, -0.15) is 13.2 Å². The fraction of sp³-hybridized carbons (Fsp3) is 0.211. The molecule has 29 heavy (non-hydrogen) atoms. The Labute approximate surface area is 163 Å². The number of imide groups is 1. The van der Waals surface area contributed by atoms with Crippen molar-refractivity contribution in [1.29, 1.82) is 0 Å². The lowest BCUT2D eigenvalue weighted by Gasteiger charge is -2.29. The van der Waals surface area contributed by atoms with E-state index in [0.29, 0.717) is 16.2 Å². The first kappa shape index (κ1) is 20.2. The van der Waals surface area contributed by atoms with E-state index in [1.54, 1.807) is 28.8 Å². The van der Waals surface area contributed by atoms with Gasteiger partial charge >= 0.3 is 12.2 Å². The van der Waals surface area contributed by atoms with Crippen LogP contribution in [-0.2, 0) is 11.3 Å². The maximum atomic E-state index is 13.8. The van der Waals surface area contributed by atoms with Gasteiger partial charge < -0.3 is 10.1 Å². The molecular formula is C19H16F3N3O4. The number of nitrogens with one attached hydrogen (secondary N) is 2. The predicted molar refractivity (Wildman–Crippen MR) is 94.8 cm³/mol. The summed E-state index contributed by atoms with van der Waals surface area (Å²) in [5.74, 6) is -2.26. The summed E-state index contributed by atoms with van der Waals surface area (Å²) in [6.45, 7) is -0.409. The van der Waals surface area contributed by atoms with Gasteiger partial charge in [-0.25, -0.2) is 4.79 Å². The second-order valence-corrected chi connectivity index (χ2v) is 6.24. The number of benzene rings is 2. The normalized spacial score (nSPS) is 19.1. The van der Waals surface area contributed by atoms with Gasteiger partial charge in [-0.1, -0.05) is 30.3 Å². The Morgan fingerprint density at radius 3 is 2.28 bits per heavy atom. The van der Waals surface area contributed by atoms with Gasteiger partial charge in [0.15, 0.2) is 0 Å². The molecule has 0 aliphatic carbocycles. The van der Waals surface area contributed by atoms with E-state index >= 15 is 0 Å². The van der Waals surface area contributed by atoms with Gasteiger partial charge in [-0.15, -0.1) is 0 Å². The lowest BCUT2D eigenvalue weighted by molar-refractivity contribution is -0.200. The number of urea groups is 1. The first-order valence-electron chi connectivity index (χ1n) is 8.39. The third-order valence-corrected chi connectivity index (χ3v) is 4.37. The zero-order valence-corrected chi connectivity index (χ0v) is 15.1. The van der Waals surface area contributed by atoms with Crippen molar-refractivity contribution in [3.63, 3.8) is 0 Å². The smallest absolute Gasteiger partial charge is 0.440 e. The van der Waals surface area contributed by atoms with Crippen molar-refractivity contribution in [3.8, 4) is 5.75 Å². The van der Waals surface area contributed by atoms with Crippen LogP contribution < -0.4 is 15.4 Å². The Balaban J connectivity index is 1.89. The molecule has 0 bridgehead atoms. The van der Waals surface area contributed by atoms with Gasteiger partial charge in [0.05, 0.1) is 13.7 Å². The number of carbonyl (C=O) groups excluding carboxylic acids is 3. The van der Waals surface area contributed by atoms with Crippen LogP contribution in [0.2, 0.25) is 0 Å². The van der Waals surface area contributed by atoms with Crippen LogP contribution in [0.15, 0.2) is 54.6 Å². The van der Waals surface area contributed by atoms with Crippen LogP contribution in [-0.4, -0.2) is 41.7 Å². The van der Waals surface area contributed by atoms with Crippen LogP contribution in [0.4, 0.5) is 18.0 Å². The van der Waals surface area contributed by atoms with Gasteiger partial charge in [0.2, 0.25) is 0 Å². The molecule has 4 amide bonds. The van der Waals surface area contributed by atoms with Gasteiger partial charge in [-0.3, -0.25) is 19.8 Å². The molecule has 152 valence electrons. The highest BCUT2D eigenvalue weighted by Gasteiger charge is 2.68. The molecule has 2 aromatic rings. The Morgan fingerprint density at radius 2 is 1.72 bits per heavy atom. The molecule has 1 fully saturated rings. The summed E-state index contributed by atoms with van der Waals surface area (Å²) < 4.78 is 46.5. The molecule has 2 N–H and O–H groups in total. The highest BCUT2D eigenvalue weighted by Crippen LogP contribution is 2.34. The molecule has 10 heteroatoms. The van der Waals surface area contributed by atoms with Crippen molar-refractivity contribution >= 4 is 17.8 Å². The molecule has 3 rings (SSSR count). The summed E-state index contributed by atoms with van der Waals surface area (Å²) in [4.78, 5) is 37.6. The number of nitrogens with zero attached hydrogens (tertiary/aromatic N) is 1. The highest BCUT2D eigenvalue weighted by molar-refractivity contribution is 6.10. The molecule has 1 aliphatic heterocycles. The molecule has 0 aromatic heterocycles. The van der Waals surface area contributed by atoms with Crippen molar-refractivity contribution in [2.45, 2.75) is 18.4 Å². The molecule has 1 aliphatic rings. The molecule has 7 nitrogen and oxygen atoms in total. The molecule has 1 saturated heterocycles. The Morgan fingerprint density at radius 1 is 1.10 bits per heavy atom. The van der Waals surface area contributed by atoms with Gasteiger partial charge in [0, 0.05) is 5.56 Å². The van der Waals surface area contributed by atoms with Crippen LogP contribution in [0.5, 0.6) is 5.75 Å². The molecule has 0 saturated carbocycles. The number of methoxy groups -OCH3 is 1. The van der Waals surface area contributed by atoms with Gasteiger partial charge in [-0.05, 0) is 29.8 Å². The maximum Gasteiger partial charge on any atom is 0.440 e. The monoisotopic (exact) mass is 407 g/mol. The minimum atomic E-state index is -5.27. The number of amides is 4. The van der Waals surface area contributed by atoms with Crippen LogP contribution >= 0.6 is 0 Å². The van der Waals surface area contributed by atoms with Crippen molar-refractivity contribution in [2.75, 3.05) is 7.11 Å². The topological polar surface area (TPSA) is 87.7 Å². The molecule has 0 radical (unpaired) electrons. The highest BCUT2D eigenvalue weighted by atomic mass is 19.4. The number of alkyl halides is 3. The number of hydrogen-bond donors (Lipinski definition) is 2. The van der Waals surface area contributed by atoms with E-state index in [9.17, 15) is 27.6 Å². The van der Waals surface area contributed by atoms with E-state index in [4.69, 9.17) is 4.74 Å². The fourth-order valence-corrected chi connectivity index (χ4v) is 2.81. The average Bonchev–Trinajstić information content (AvgIpc) is 2.94. The number of carbonyl (C=O) groups is 3. The minimum Gasteiger partial charge on any atom is -0.497 e. The van der Waals surface area contributed by atoms with E-state index in [2.05, 4.69) is 0 Å². The summed E-state index contributed by atoms with van der Waals surface area (Å²) in [6.07, 6.45) is -5.27. The zero-order valence-electron chi connectivity index (χ0n) is 15.1. The summed E-state index contributed by atoms with van der Waals surface area (Å²) in [5.41, 5.74) is -3.24. The number of rotatable bonds is 5. The van der Waals surface area contributed by atoms with E-state index < -0.39 is 36.2 Å². The molecule has 1 heterocycles. The van der Waals surface area contributed by atoms with E-state index in [1.165, 1.54) is 43.5 Å². The van der Waals surface area contributed by atoms with Gasteiger partial charge in [0.25, 0.3) is 17.5 Å². The summed E-state index contributed by atoms with van der Waals surface area (Å²) in [5, 5.41) is 3.26. The number of hydrogen-bond acceptors (Lipinski definition) is 4. The van der Waals surface area contributed by atoms with Crippen LogP contribution in [0.1, 0.15) is 15.9 Å². The minimum absolute atomic E-state index is 0.0909. The summed E-state index contributed by atoms with van der Waals surface area (Å²) >= 11 is 0. The summed E-state index contributed by atoms with van der Waals surface area (Å²) in [6, 6.07) is 11.9. The van der Waals surface area contributed by atoms with Crippen LogP contribution in [0.3, 0.4) is 0 Å². The SMILES string of the molecule is COc1ccc(CN2C(=O)N[C@](NC(=O)c3ccccc3)(C(F)(F)F)C2=O)cc1. The lowest BCUT2D eigenvalue weighted by atomic mass is 10.1. The second-order valence-electron chi connectivity index (χ2n) is 6.24. The third kappa shape index (κ3) is 3.73. The Bertz CT molecular complexity index is 932. The third-order valence-electron chi connectivity index (χ3n) is 4.37. The molecular weight excluding hydrogens is 391 g/mol. The van der Waals surface area contributed by atoms with Crippen LogP contribution in [0, 0.1) is 0 Å². The van der Waals surface area contributed by atoms with Crippen LogP contribution in [0.25, 0.3) is 0 Å². The van der Waals surface area contributed by atoms with Gasteiger partial charge in [0.1, 0.15) is 5.75 Å². The zero-order chi connectivity index (χ0) is 21.2. The van der Waals surface area contributed by atoms with Crippen molar-refractivity contribution < 1.29 is 32.3 Å². The first-order chi connectivity index (χ1) is 13.7. The fourth-order valence-electron chi connectivity index (χ4n) is 2.81. The second kappa shape index (κ2) is 7.46. The number of halogens is 3. The Kier molecular flexibility index (Phi) is 5.19. The van der Waals surface area contributed by atoms with Crippen molar-refractivity contribution in [2.24, 2.45) is 0 Å². The Hall–Kier alpha value is -3.56. The van der Waals surface area contributed by atoms with E-state index in [1.807, 2.05) is 0 Å². The molecule has 0 spiro atoms. The number of ether oxygens (including phenoxy) is 1. The quantitative estimate of drug-likeness (QED) is 0.746. The van der Waals surface area contributed by atoms with E-state index in [0.717, 1.165) is 0 Å². The largest absolute Gasteiger partial charge is 0.497 e. The molecule has 0 unspecified atom stereocenters. The van der Waals surface area contributed by atoms with Crippen molar-refractivity contribution in [3.05, 3.63) is 65.7 Å². The lowest BCUT2D eigenvalue weighted by Crippen LogP contribution is -2.69. The molecule has 2 aromatic carbocycles. The standard InChI is InChI=1S/C19H16F3N3O4/c1-29-14-9-7-12(8-10-14)11-25-16(27)18(19(20,21)22,24-17(25)28)23-15(26)13-5-3-2-4-6-13/h2-10H,11H2,1H3,(H,23,26)(H,24,28)/t18-/m0/s1. The van der Waals surface area contributed by atoms with E-state index in [-0.39, 0.29) is 5.56 Å². The first-order valence-corrected chi connectivity index (χ1v) is 8.39.